The van der Waals surface area contributed by atoms with E-state index in [9.17, 15) is 0 Å². The average molecular weight is 348 g/mol. The van der Waals surface area contributed by atoms with Crippen LogP contribution in [0, 0.1) is 0 Å². The summed E-state index contributed by atoms with van der Waals surface area (Å²) in [5, 5.41) is 3.58. The summed E-state index contributed by atoms with van der Waals surface area (Å²) in [7, 11) is 0. The van der Waals surface area contributed by atoms with E-state index in [-0.39, 0.29) is 0 Å². The maximum Gasteiger partial charge on any atom is 0.132 e. The van der Waals surface area contributed by atoms with Crippen LogP contribution in [-0.2, 0) is 0 Å². The molecule has 1 atom stereocenters. The lowest BCUT2D eigenvalue weighted by molar-refractivity contribution is 0.449. The van der Waals surface area contributed by atoms with Gasteiger partial charge in [-0.1, -0.05) is 54.0 Å². The molecule has 0 aliphatic carbocycles. The second kappa shape index (κ2) is 8.20. The van der Waals surface area contributed by atoms with Crippen LogP contribution >= 0.6 is 15.9 Å². The Morgan fingerprint density at radius 3 is 2.62 bits per heavy atom. The molecule has 0 aromatic heterocycles. The standard InChI is InChI=1S/C18H22BrNO/c1-3-12-20-17(4-2)16-10-5-6-11-18(16)21-15-9-7-8-14(19)13-15/h5-11,13,17,20H,3-4,12H2,1-2H3. The lowest BCUT2D eigenvalue weighted by atomic mass is 10.0. The zero-order chi connectivity index (χ0) is 15.1. The predicted molar refractivity (Wildman–Crippen MR) is 92.0 cm³/mol. The van der Waals surface area contributed by atoms with E-state index in [2.05, 4.69) is 47.2 Å². The fraction of sp³-hybridized carbons (Fsp3) is 0.333. The smallest absolute Gasteiger partial charge is 0.132 e. The van der Waals surface area contributed by atoms with E-state index in [1.54, 1.807) is 0 Å². The Balaban J connectivity index is 2.23. The molecule has 2 aromatic carbocycles. The number of hydrogen-bond donors (Lipinski definition) is 1. The molecule has 0 radical (unpaired) electrons. The van der Waals surface area contributed by atoms with Gasteiger partial charge < -0.3 is 10.1 Å². The first-order valence-electron chi connectivity index (χ1n) is 7.50. The number of halogens is 1. The second-order valence-corrected chi connectivity index (χ2v) is 5.93. The molecule has 0 bridgehead atoms. The third-order valence-corrected chi connectivity index (χ3v) is 3.86. The fourth-order valence-electron chi connectivity index (χ4n) is 2.31. The van der Waals surface area contributed by atoms with E-state index < -0.39 is 0 Å². The van der Waals surface area contributed by atoms with Crippen LogP contribution in [0.25, 0.3) is 0 Å². The molecular formula is C18H22BrNO. The molecule has 0 spiro atoms. The van der Waals surface area contributed by atoms with Crippen molar-refractivity contribution < 1.29 is 4.74 Å². The van der Waals surface area contributed by atoms with E-state index in [1.807, 2.05) is 36.4 Å². The van der Waals surface area contributed by atoms with Gasteiger partial charge >= 0.3 is 0 Å². The largest absolute Gasteiger partial charge is 0.457 e. The molecule has 0 heterocycles. The van der Waals surface area contributed by atoms with Crippen LogP contribution in [0.2, 0.25) is 0 Å². The highest BCUT2D eigenvalue weighted by Crippen LogP contribution is 2.31. The Kier molecular flexibility index (Phi) is 6.27. The van der Waals surface area contributed by atoms with E-state index in [0.29, 0.717) is 6.04 Å². The molecular weight excluding hydrogens is 326 g/mol. The third-order valence-electron chi connectivity index (χ3n) is 3.37. The predicted octanol–water partition coefficient (Wildman–Crippen LogP) is 5.69. The zero-order valence-electron chi connectivity index (χ0n) is 12.6. The minimum Gasteiger partial charge on any atom is -0.457 e. The maximum absolute atomic E-state index is 6.08. The van der Waals surface area contributed by atoms with Crippen molar-refractivity contribution in [3.8, 4) is 11.5 Å². The molecule has 21 heavy (non-hydrogen) atoms. The molecule has 0 saturated heterocycles. The van der Waals surface area contributed by atoms with Crippen molar-refractivity contribution in [1.82, 2.24) is 5.32 Å². The first kappa shape index (κ1) is 16.1. The molecule has 0 aliphatic rings. The number of para-hydroxylation sites is 1. The molecule has 2 rings (SSSR count). The van der Waals surface area contributed by atoms with Crippen molar-refractivity contribution in [2.24, 2.45) is 0 Å². The van der Waals surface area contributed by atoms with E-state index >= 15 is 0 Å². The Hall–Kier alpha value is -1.32. The Morgan fingerprint density at radius 2 is 1.90 bits per heavy atom. The quantitative estimate of drug-likeness (QED) is 0.694. The summed E-state index contributed by atoms with van der Waals surface area (Å²) in [4.78, 5) is 0. The van der Waals surface area contributed by atoms with Crippen molar-refractivity contribution in [3.05, 3.63) is 58.6 Å². The third kappa shape index (κ3) is 4.58. The van der Waals surface area contributed by atoms with E-state index in [0.717, 1.165) is 35.4 Å². The SMILES string of the molecule is CCCNC(CC)c1ccccc1Oc1cccc(Br)c1. The van der Waals surface area contributed by atoms with Crippen LogP contribution in [0.5, 0.6) is 11.5 Å². The summed E-state index contributed by atoms with van der Waals surface area (Å²) >= 11 is 3.48. The molecule has 2 aromatic rings. The van der Waals surface area contributed by atoms with Gasteiger partial charge in [0.15, 0.2) is 0 Å². The van der Waals surface area contributed by atoms with Crippen molar-refractivity contribution in [2.45, 2.75) is 32.7 Å². The molecule has 2 nitrogen and oxygen atoms in total. The lowest BCUT2D eigenvalue weighted by Gasteiger charge is -2.20. The summed E-state index contributed by atoms with van der Waals surface area (Å²) in [6.07, 6.45) is 2.17. The molecule has 0 amide bonds. The number of benzene rings is 2. The molecule has 0 fully saturated rings. The molecule has 1 unspecified atom stereocenters. The van der Waals surface area contributed by atoms with Crippen LogP contribution in [0.3, 0.4) is 0 Å². The number of ether oxygens (including phenoxy) is 1. The molecule has 0 saturated carbocycles. The summed E-state index contributed by atoms with van der Waals surface area (Å²) in [6, 6.07) is 16.5. The lowest BCUT2D eigenvalue weighted by Crippen LogP contribution is -2.21. The highest BCUT2D eigenvalue weighted by atomic mass is 79.9. The van der Waals surface area contributed by atoms with Gasteiger partial charge in [-0.3, -0.25) is 0 Å². The van der Waals surface area contributed by atoms with Crippen LogP contribution in [0.15, 0.2) is 53.0 Å². The topological polar surface area (TPSA) is 21.3 Å². The van der Waals surface area contributed by atoms with Gasteiger partial charge in [0.05, 0.1) is 0 Å². The molecule has 112 valence electrons. The van der Waals surface area contributed by atoms with Crippen molar-refractivity contribution in [3.63, 3.8) is 0 Å². The highest BCUT2D eigenvalue weighted by Gasteiger charge is 2.14. The number of rotatable bonds is 7. The summed E-state index contributed by atoms with van der Waals surface area (Å²) in [5.74, 6) is 1.77. The van der Waals surface area contributed by atoms with Gasteiger partial charge in [-0.2, -0.15) is 0 Å². The molecule has 1 N–H and O–H groups in total. The zero-order valence-corrected chi connectivity index (χ0v) is 14.2. The molecule has 3 heteroatoms. The summed E-state index contributed by atoms with van der Waals surface area (Å²) in [6.45, 7) is 5.40. The number of nitrogens with one attached hydrogen (secondary N) is 1. The minimum atomic E-state index is 0.327. The van der Waals surface area contributed by atoms with Gasteiger partial charge in [-0.25, -0.2) is 0 Å². The van der Waals surface area contributed by atoms with Crippen LogP contribution in [0.4, 0.5) is 0 Å². The normalized spacial score (nSPS) is 12.1. The van der Waals surface area contributed by atoms with Crippen molar-refractivity contribution >= 4 is 15.9 Å². The van der Waals surface area contributed by atoms with E-state index in [1.165, 1.54) is 5.56 Å². The first-order valence-corrected chi connectivity index (χ1v) is 8.29. The summed E-state index contributed by atoms with van der Waals surface area (Å²) < 4.78 is 7.10. The highest BCUT2D eigenvalue weighted by molar-refractivity contribution is 9.10. The van der Waals surface area contributed by atoms with Gasteiger partial charge in [0.25, 0.3) is 0 Å². The van der Waals surface area contributed by atoms with E-state index in [4.69, 9.17) is 4.74 Å². The van der Waals surface area contributed by atoms with Gasteiger partial charge in [0.1, 0.15) is 11.5 Å². The van der Waals surface area contributed by atoms with Gasteiger partial charge in [-0.15, -0.1) is 0 Å². The Morgan fingerprint density at radius 1 is 1.10 bits per heavy atom. The number of hydrogen-bond acceptors (Lipinski definition) is 2. The van der Waals surface area contributed by atoms with Crippen LogP contribution in [-0.4, -0.2) is 6.54 Å². The van der Waals surface area contributed by atoms with Crippen molar-refractivity contribution in [2.75, 3.05) is 6.54 Å². The summed E-state index contributed by atoms with van der Waals surface area (Å²) in [5.41, 5.74) is 1.22. The maximum atomic E-state index is 6.08. The molecule has 0 aliphatic heterocycles. The first-order chi connectivity index (χ1) is 10.2. The average Bonchev–Trinajstić information content (AvgIpc) is 2.49. The Bertz CT molecular complexity index is 571. The van der Waals surface area contributed by atoms with Gasteiger partial charge in [0.2, 0.25) is 0 Å². The van der Waals surface area contributed by atoms with Gasteiger partial charge in [-0.05, 0) is 43.7 Å². The van der Waals surface area contributed by atoms with Crippen molar-refractivity contribution in [1.29, 1.82) is 0 Å². The van der Waals surface area contributed by atoms with Gasteiger partial charge in [0, 0.05) is 16.1 Å². The second-order valence-electron chi connectivity index (χ2n) is 5.01. The fourth-order valence-corrected chi connectivity index (χ4v) is 2.69. The monoisotopic (exact) mass is 347 g/mol. The van der Waals surface area contributed by atoms with Crippen LogP contribution in [0.1, 0.15) is 38.3 Å². The minimum absolute atomic E-state index is 0.327. The van der Waals surface area contributed by atoms with Crippen LogP contribution < -0.4 is 10.1 Å². The Labute approximate surface area is 135 Å².